The summed E-state index contributed by atoms with van der Waals surface area (Å²) in [5.41, 5.74) is 4.56. The zero-order chi connectivity index (χ0) is 13.0. The van der Waals surface area contributed by atoms with E-state index in [0.717, 1.165) is 11.1 Å². The van der Waals surface area contributed by atoms with Crippen molar-refractivity contribution in [2.45, 2.75) is 12.5 Å². The molecule has 4 nitrogen and oxygen atoms in total. The van der Waals surface area contributed by atoms with Crippen LogP contribution in [0.2, 0.25) is 10.0 Å². The highest BCUT2D eigenvalue weighted by Crippen LogP contribution is 2.25. The Hall–Kier alpha value is -1.20. The molecule has 0 saturated heterocycles. The second kappa shape index (κ2) is 6.11. The first-order valence-corrected chi connectivity index (χ1v) is 6.11. The predicted octanol–water partition coefficient (Wildman–Crippen LogP) is 2.53. The van der Waals surface area contributed by atoms with Gasteiger partial charge in [-0.15, -0.1) is 0 Å². The van der Waals surface area contributed by atoms with Gasteiger partial charge in [0.1, 0.15) is 6.33 Å². The molecule has 2 rings (SSSR count). The summed E-state index contributed by atoms with van der Waals surface area (Å²) in [6.07, 6.45) is 5.53. The maximum absolute atomic E-state index is 6.13. The molecular formula is C12H12Cl2N4. The number of aromatic nitrogens is 2. The Morgan fingerprint density at radius 3 is 2.61 bits per heavy atom. The SMILES string of the molecule is NNC(Cc1cc(Cl)ccc1Cl)c1cncnc1. The minimum atomic E-state index is -0.109. The second-order valence-electron chi connectivity index (χ2n) is 3.83. The molecule has 3 N–H and O–H groups in total. The molecule has 0 aliphatic heterocycles. The Morgan fingerprint density at radius 2 is 1.94 bits per heavy atom. The molecule has 0 fully saturated rings. The first kappa shape index (κ1) is 13.2. The van der Waals surface area contributed by atoms with Crippen LogP contribution in [0.15, 0.2) is 36.9 Å². The van der Waals surface area contributed by atoms with Crippen LogP contribution < -0.4 is 11.3 Å². The Morgan fingerprint density at radius 1 is 1.22 bits per heavy atom. The topological polar surface area (TPSA) is 63.8 Å². The summed E-state index contributed by atoms with van der Waals surface area (Å²) in [5.74, 6) is 5.56. The molecule has 0 bridgehead atoms. The standard InChI is InChI=1S/C12H12Cl2N4/c13-10-1-2-11(14)8(3-10)4-12(18-15)9-5-16-7-17-6-9/h1-3,5-7,12,18H,4,15H2. The average molecular weight is 283 g/mol. The molecule has 0 radical (unpaired) electrons. The zero-order valence-corrected chi connectivity index (χ0v) is 11.0. The van der Waals surface area contributed by atoms with Gasteiger partial charge in [0.25, 0.3) is 0 Å². The van der Waals surface area contributed by atoms with E-state index in [1.165, 1.54) is 6.33 Å². The summed E-state index contributed by atoms with van der Waals surface area (Å²) >= 11 is 12.1. The van der Waals surface area contributed by atoms with Crippen LogP contribution in [0.25, 0.3) is 0 Å². The zero-order valence-electron chi connectivity index (χ0n) is 9.48. The van der Waals surface area contributed by atoms with E-state index in [4.69, 9.17) is 29.0 Å². The maximum atomic E-state index is 6.13. The van der Waals surface area contributed by atoms with Crippen molar-refractivity contribution >= 4 is 23.2 Å². The third kappa shape index (κ3) is 3.17. The Kier molecular flexibility index (Phi) is 4.49. The van der Waals surface area contributed by atoms with Crippen molar-refractivity contribution in [3.8, 4) is 0 Å². The minimum Gasteiger partial charge on any atom is -0.271 e. The number of hydrazine groups is 1. The number of hydrogen-bond donors (Lipinski definition) is 2. The van der Waals surface area contributed by atoms with E-state index in [1.807, 2.05) is 6.07 Å². The van der Waals surface area contributed by atoms with Crippen LogP contribution in [0, 0.1) is 0 Å². The predicted molar refractivity (Wildman–Crippen MR) is 72.3 cm³/mol. The Labute approximate surface area is 115 Å². The lowest BCUT2D eigenvalue weighted by atomic mass is 10.0. The summed E-state index contributed by atoms with van der Waals surface area (Å²) in [6.45, 7) is 0. The quantitative estimate of drug-likeness (QED) is 0.668. The van der Waals surface area contributed by atoms with E-state index in [1.54, 1.807) is 24.5 Å². The molecule has 18 heavy (non-hydrogen) atoms. The highest BCUT2D eigenvalue weighted by Gasteiger charge is 2.13. The molecule has 2 aromatic rings. The van der Waals surface area contributed by atoms with Crippen LogP contribution in [0.4, 0.5) is 0 Å². The number of nitrogens with one attached hydrogen (secondary N) is 1. The summed E-state index contributed by atoms with van der Waals surface area (Å²) < 4.78 is 0. The number of rotatable bonds is 4. The van der Waals surface area contributed by atoms with Gasteiger partial charge in [0.15, 0.2) is 0 Å². The minimum absolute atomic E-state index is 0.109. The van der Waals surface area contributed by atoms with Gasteiger partial charge < -0.3 is 0 Å². The molecule has 1 aromatic carbocycles. The summed E-state index contributed by atoms with van der Waals surface area (Å²) in [4.78, 5) is 7.94. The van der Waals surface area contributed by atoms with Gasteiger partial charge in [-0.25, -0.2) is 9.97 Å². The fourth-order valence-electron chi connectivity index (χ4n) is 1.68. The van der Waals surface area contributed by atoms with Crippen LogP contribution in [0.3, 0.4) is 0 Å². The third-order valence-electron chi connectivity index (χ3n) is 2.62. The van der Waals surface area contributed by atoms with Gasteiger partial charge in [-0.2, -0.15) is 0 Å². The van der Waals surface area contributed by atoms with Gasteiger partial charge in [-0.3, -0.25) is 11.3 Å². The molecule has 6 heteroatoms. The molecule has 0 amide bonds. The van der Waals surface area contributed by atoms with E-state index in [-0.39, 0.29) is 6.04 Å². The lowest BCUT2D eigenvalue weighted by molar-refractivity contribution is 0.548. The summed E-state index contributed by atoms with van der Waals surface area (Å²) in [5, 5.41) is 1.31. The normalized spacial score (nSPS) is 12.4. The third-order valence-corrected chi connectivity index (χ3v) is 3.22. The molecule has 94 valence electrons. The monoisotopic (exact) mass is 282 g/mol. The largest absolute Gasteiger partial charge is 0.271 e. The van der Waals surface area contributed by atoms with Crippen molar-refractivity contribution < 1.29 is 0 Å². The van der Waals surface area contributed by atoms with Gasteiger partial charge >= 0.3 is 0 Å². The lowest BCUT2D eigenvalue weighted by Gasteiger charge is -2.16. The van der Waals surface area contributed by atoms with Crippen molar-refractivity contribution in [2.24, 2.45) is 5.84 Å². The van der Waals surface area contributed by atoms with Crippen LogP contribution >= 0.6 is 23.2 Å². The molecule has 1 unspecified atom stereocenters. The first-order chi connectivity index (χ1) is 8.70. The first-order valence-electron chi connectivity index (χ1n) is 5.35. The number of nitrogens with two attached hydrogens (primary N) is 1. The molecule has 0 aliphatic rings. The lowest BCUT2D eigenvalue weighted by Crippen LogP contribution is -2.29. The van der Waals surface area contributed by atoms with E-state index < -0.39 is 0 Å². The van der Waals surface area contributed by atoms with Crippen molar-refractivity contribution in [2.75, 3.05) is 0 Å². The van der Waals surface area contributed by atoms with Crippen molar-refractivity contribution in [3.63, 3.8) is 0 Å². The van der Waals surface area contributed by atoms with Gasteiger partial charge in [0.05, 0.1) is 6.04 Å². The maximum Gasteiger partial charge on any atom is 0.115 e. The fourth-order valence-corrected chi connectivity index (χ4v) is 2.07. The van der Waals surface area contributed by atoms with Gasteiger partial charge in [0.2, 0.25) is 0 Å². The molecule has 0 saturated carbocycles. The highest BCUT2D eigenvalue weighted by atomic mass is 35.5. The number of nitrogens with zero attached hydrogens (tertiary/aromatic N) is 2. The fraction of sp³-hybridized carbons (Fsp3) is 0.167. The van der Waals surface area contributed by atoms with Crippen LogP contribution in [-0.2, 0) is 6.42 Å². The van der Waals surface area contributed by atoms with E-state index in [9.17, 15) is 0 Å². The van der Waals surface area contributed by atoms with E-state index in [0.29, 0.717) is 16.5 Å². The highest BCUT2D eigenvalue weighted by molar-refractivity contribution is 6.33. The van der Waals surface area contributed by atoms with E-state index in [2.05, 4.69) is 15.4 Å². The van der Waals surface area contributed by atoms with Crippen LogP contribution in [0.5, 0.6) is 0 Å². The van der Waals surface area contributed by atoms with Gasteiger partial charge in [-0.1, -0.05) is 23.2 Å². The van der Waals surface area contributed by atoms with Crippen molar-refractivity contribution in [3.05, 3.63) is 58.1 Å². The Bertz CT molecular complexity index is 519. The van der Waals surface area contributed by atoms with Gasteiger partial charge in [-0.05, 0) is 30.2 Å². The van der Waals surface area contributed by atoms with Crippen LogP contribution in [0.1, 0.15) is 17.2 Å². The second-order valence-corrected chi connectivity index (χ2v) is 4.67. The van der Waals surface area contributed by atoms with Crippen molar-refractivity contribution in [1.29, 1.82) is 0 Å². The number of hydrogen-bond acceptors (Lipinski definition) is 4. The van der Waals surface area contributed by atoms with Gasteiger partial charge in [0, 0.05) is 28.0 Å². The molecular weight excluding hydrogens is 271 g/mol. The summed E-state index contributed by atoms with van der Waals surface area (Å²) in [6, 6.07) is 5.25. The molecule has 0 aliphatic carbocycles. The summed E-state index contributed by atoms with van der Waals surface area (Å²) in [7, 11) is 0. The average Bonchev–Trinajstić information content (AvgIpc) is 2.41. The van der Waals surface area contributed by atoms with E-state index >= 15 is 0 Å². The van der Waals surface area contributed by atoms with Crippen molar-refractivity contribution in [1.82, 2.24) is 15.4 Å². The van der Waals surface area contributed by atoms with Crippen LogP contribution in [-0.4, -0.2) is 9.97 Å². The molecule has 0 spiro atoms. The number of benzene rings is 1. The molecule has 1 atom stereocenters. The number of halogens is 2. The molecule has 1 aromatic heterocycles. The molecule has 1 heterocycles. The Balaban J connectivity index is 2.23. The smallest absolute Gasteiger partial charge is 0.115 e.